The van der Waals surface area contributed by atoms with Crippen LogP contribution in [-0.4, -0.2) is 11.9 Å². The van der Waals surface area contributed by atoms with Crippen molar-refractivity contribution in [3.63, 3.8) is 0 Å². The van der Waals surface area contributed by atoms with Crippen molar-refractivity contribution in [1.82, 2.24) is 5.32 Å². The minimum absolute atomic E-state index is 0.0180. The number of aryl methyl sites for hydroxylation is 3. The van der Waals surface area contributed by atoms with Gasteiger partial charge in [0.1, 0.15) is 11.6 Å². The second kappa shape index (κ2) is 6.19. The summed E-state index contributed by atoms with van der Waals surface area (Å²) in [6, 6.07) is 6.09. The molecule has 1 aromatic carbocycles. The minimum Gasteiger partial charge on any atom is -0.349 e. The summed E-state index contributed by atoms with van der Waals surface area (Å²) in [6.45, 7) is 9.75. The van der Waals surface area contributed by atoms with Crippen LogP contribution in [-0.2, 0) is 4.79 Å². The second-order valence-electron chi connectivity index (χ2n) is 5.11. The van der Waals surface area contributed by atoms with Gasteiger partial charge in [-0.25, -0.2) is 0 Å². The Labute approximate surface area is 114 Å². The van der Waals surface area contributed by atoms with Gasteiger partial charge in [0.2, 0.25) is 0 Å². The van der Waals surface area contributed by atoms with Gasteiger partial charge in [0, 0.05) is 6.04 Å². The third-order valence-corrected chi connectivity index (χ3v) is 2.81. The lowest BCUT2D eigenvalue weighted by atomic mass is 9.98. The number of nitrogens with one attached hydrogen (secondary N) is 1. The van der Waals surface area contributed by atoms with E-state index < -0.39 is 0 Å². The molecule has 1 amide bonds. The first-order valence-electron chi connectivity index (χ1n) is 6.35. The van der Waals surface area contributed by atoms with Gasteiger partial charge in [0.25, 0.3) is 5.91 Å². The monoisotopic (exact) mass is 256 g/mol. The Morgan fingerprint density at radius 3 is 2.21 bits per heavy atom. The van der Waals surface area contributed by atoms with E-state index in [0.29, 0.717) is 0 Å². The zero-order chi connectivity index (χ0) is 14.6. The molecule has 0 saturated carbocycles. The van der Waals surface area contributed by atoms with Crippen molar-refractivity contribution < 1.29 is 4.79 Å². The fraction of sp³-hybridized carbons (Fsp3) is 0.375. The zero-order valence-corrected chi connectivity index (χ0v) is 12.2. The third kappa shape index (κ3) is 3.96. The maximum absolute atomic E-state index is 11.9. The Morgan fingerprint density at radius 1 is 1.26 bits per heavy atom. The van der Waals surface area contributed by atoms with Crippen molar-refractivity contribution in [2.24, 2.45) is 0 Å². The van der Waals surface area contributed by atoms with Crippen LogP contribution in [0.25, 0.3) is 6.08 Å². The highest BCUT2D eigenvalue weighted by Crippen LogP contribution is 2.19. The second-order valence-corrected chi connectivity index (χ2v) is 5.11. The van der Waals surface area contributed by atoms with Gasteiger partial charge < -0.3 is 5.32 Å². The molecule has 0 aliphatic carbocycles. The quantitative estimate of drug-likeness (QED) is 0.667. The van der Waals surface area contributed by atoms with Gasteiger partial charge in [-0.3, -0.25) is 4.79 Å². The summed E-state index contributed by atoms with van der Waals surface area (Å²) in [5, 5.41) is 11.9. The number of amides is 1. The molecule has 0 heterocycles. The van der Waals surface area contributed by atoms with Crippen LogP contribution >= 0.6 is 0 Å². The number of nitriles is 1. The summed E-state index contributed by atoms with van der Waals surface area (Å²) in [6.07, 6.45) is 1.67. The van der Waals surface area contributed by atoms with Crippen LogP contribution < -0.4 is 5.32 Å². The highest BCUT2D eigenvalue weighted by Gasteiger charge is 2.11. The number of carbonyl (C=O) groups excluding carboxylic acids is 1. The number of benzene rings is 1. The Balaban J connectivity index is 3.20. The summed E-state index contributed by atoms with van der Waals surface area (Å²) in [4.78, 5) is 11.9. The highest BCUT2D eigenvalue weighted by molar-refractivity contribution is 6.02. The number of nitrogens with zero attached hydrogens (tertiary/aromatic N) is 1. The number of rotatable bonds is 3. The normalized spacial score (nSPS) is 11.3. The van der Waals surface area contributed by atoms with Crippen molar-refractivity contribution in [3.8, 4) is 6.07 Å². The van der Waals surface area contributed by atoms with Gasteiger partial charge in [-0.15, -0.1) is 0 Å². The smallest absolute Gasteiger partial charge is 0.262 e. The molecule has 0 aliphatic rings. The largest absolute Gasteiger partial charge is 0.349 e. The van der Waals surface area contributed by atoms with E-state index >= 15 is 0 Å². The van der Waals surface area contributed by atoms with Gasteiger partial charge in [-0.05, 0) is 57.4 Å². The van der Waals surface area contributed by atoms with E-state index in [4.69, 9.17) is 5.26 Å². The van der Waals surface area contributed by atoms with E-state index in [2.05, 4.69) is 5.32 Å². The van der Waals surface area contributed by atoms with Crippen LogP contribution in [0.1, 0.15) is 36.1 Å². The Morgan fingerprint density at radius 2 is 1.79 bits per heavy atom. The minimum atomic E-state index is -0.322. The van der Waals surface area contributed by atoms with Crippen molar-refractivity contribution in [1.29, 1.82) is 5.26 Å². The topological polar surface area (TPSA) is 52.9 Å². The fourth-order valence-corrected chi connectivity index (χ4v) is 2.05. The summed E-state index contributed by atoms with van der Waals surface area (Å²) in [5.41, 5.74) is 4.41. The Kier molecular flexibility index (Phi) is 4.88. The van der Waals surface area contributed by atoms with Crippen LogP contribution in [0.15, 0.2) is 17.7 Å². The molecule has 0 saturated heterocycles. The number of hydrogen-bond acceptors (Lipinski definition) is 2. The van der Waals surface area contributed by atoms with E-state index in [1.165, 1.54) is 5.56 Å². The van der Waals surface area contributed by atoms with Crippen LogP contribution in [0.4, 0.5) is 0 Å². The summed E-state index contributed by atoms with van der Waals surface area (Å²) in [7, 11) is 0. The van der Waals surface area contributed by atoms with Crippen molar-refractivity contribution in [3.05, 3.63) is 40.0 Å². The molecule has 0 spiro atoms. The lowest BCUT2D eigenvalue weighted by molar-refractivity contribution is -0.117. The molecule has 0 atom stereocenters. The van der Waals surface area contributed by atoms with Gasteiger partial charge in [0.05, 0.1) is 0 Å². The molecule has 0 fully saturated rings. The molecular formula is C16H20N2O. The predicted molar refractivity (Wildman–Crippen MR) is 77.5 cm³/mol. The summed E-state index contributed by atoms with van der Waals surface area (Å²) in [5.74, 6) is -0.322. The predicted octanol–water partition coefficient (Wildman–Crippen LogP) is 3.04. The summed E-state index contributed by atoms with van der Waals surface area (Å²) >= 11 is 0. The van der Waals surface area contributed by atoms with Crippen LogP contribution in [0, 0.1) is 32.1 Å². The van der Waals surface area contributed by atoms with Gasteiger partial charge in [-0.1, -0.05) is 17.7 Å². The van der Waals surface area contributed by atoms with E-state index in [9.17, 15) is 4.79 Å². The van der Waals surface area contributed by atoms with Crippen molar-refractivity contribution >= 4 is 12.0 Å². The van der Waals surface area contributed by atoms with Gasteiger partial charge in [0.15, 0.2) is 0 Å². The maximum Gasteiger partial charge on any atom is 0.262 e. The third-order valence-electron chi connectivity index (χ3n) is 2.81. The maximum atomic E-state index is 11.9. The molecule has 0 bridgehead atoms. The molecule has 0 aliphatic heterocycles. The fourth-order valence-electron chi connectivity index (χ4n) is 2.05. The first kappa shape index (κ1) is 15.0. The Hall–Kier alpha value is -2.08. The molecule has 19 heavy (non-hydrogen) atoms. The van der Waals surface area contributed by atoms with Gasteiger partial charge >= 0.3 is 0 Å². The van der Waals surface area contributed by atoms with Crippen LogP contribution in [0.5, 0.6) is 0 Å². The number of carbonyl (C=O) groups is 1. The van der Waals surface area contributed by atoms with Crippen molar-refractivity contribution in [2.75, 3.05) is 0 Å². The molecule has 1 N–H and O–H groups in total. The SMILES string of the molecule is Cc1cc(C)c(/C=C(\C#N)C(=O)NC(C)C)c(C)c1. The van der Waals surface area contributed by atoms with E-state index in [1.807, 2.05) is 52.8 Å². The molecule has 0 radical (unpaired) electrons. The first-order valence-corrected chi connectivity index (χ1v) is 6.35. The van der Waals surface area contributed by atoms with E-state index in [1.54, 1.807) is 6.08 Å². The lowest BCUT2D eigenvalue weighted by Crippen LogP contribution is -2.30. The Bertz CT molecular complexity index is 540. The summed E-state index contributed by atoms with van der Waals surface area (Å²) < 4.78 is 0. The molecule has 3 nitrogen and oxygen atoms in total. The van der Waals surface area contributed by atoms with Crippen LogP contribution in [0.3, 0.4) is 0 Å². The number of hydrogen-bond donors (Lipinski definition) is 1. The van der Waals surface area contributed by atoms with E-state index in [0.717, 1.165) is 16.7 Å². The average molecular weight is 256 g/mol. The van der Waals surface area contributed by atoms with Crippen LogP contribution in [0.2, 0.25) is 0 Å². The lowest BCUT2D eigenvalue weighted by Gasteiger charge is -2.10. The first-order chi connectivity index (χ1) is 8.85. The standard InChI is InChI=1S/C16H20N2O/c1-10(2)18-16(19)14(9-17)8-15-12(4)6-11(3)7-13(15)5/h6-8,10H,1-5H3,(H,18,19)/b14-8+. The molecule has 3 heteroatoms. The van der Waals surface area contributed by atoms with Gasteiger partial charge in [-0.2, -0.15) is 5.26 Å². The van der Waals surface area contributed by atoms with Crippen molar-refractivity contribution in [2.45, 2.75) is 40.7 Å². The van der Waals surface area contributed by atoms with E-state index in [-0.39, 0.29) is 17.5 Å². The highest BCUT2D eigenvalue weighted by atomic mass is 16.1. The zero-order valence-electron chi connectivity index (χ0n) is 12.2. The molecular weight excluding hydrogens is 236 g/mol. The molecule has 1 aromatic rings. The average Bonchev–Trinajstić information content (AvgIpc) is 2.26. The molecule has 100 valence electrons. The molecule has 0 aromatic heterocycles. The molecule has 1 rings (SSSR count). The molecule has 0 unspecified atom stereocenters.